The van der Waals surface area contributed by atoms with E-state index < -0.39 is 8.69 Å². The van der Waals surface area contributed by atoms with Gasteiger partial charge >= 0.3 is 8.69 Å². The Bertz CT molecular complexity index is 49.3. The molecule has 0 aliphatic carbocycles. The van der Waals surface area contributed by atoms with Crippen LogP contribution < -0.4 is 0 Å². The highest BCUT2D eigenvalue weighted by Crippen LogP contribution is 1.92. The van der Waals surface area contributed by atoms with Gasteiger partial charge in [-0.25, -0.2) is 4.57 Å². The minimum Gasteiger partial charge on any atom is -0.310 e. The predicted molar refractivity (Wildman–Crippen MR) is 38.0 cm³/mol. The van der Waals surface area contributed by atoms with Crippen LogP contribution in [0.5, 0.6) is 0 Å². The molecule has 0 atom stereocenters. The lowest BCUT2D eigenvalue weighted by atomic mass is 10.3. The van der Waals surface area contributed by atoms with Crippen LogP contribution in [0.1, 0.15) is 13.8 Å². The molecule has 0 radical (unpaired) electrons. The second-order valence-electron chi connectivity index (χ2n) is 1.88. The highest BCUT2D eigenvalue weighted by atomic mass is 31.1. The van der Waals surface area contributed by atoms with Crippen LogP contribution in [0.4, 0.5) is 0 Å². The Morgan fingerprint density at radius 3 is 1.88 bits per heavy atom. The summed E-state index contributed by atoms with van der Waals surface area (Å²) in [6, 6.07) is 0. The smallest absolute Gasteiger partial charge is 0.310 e. The zero-order valence-electron chi connectivity index (χ0n) is 5.59. The van der Waals surface area contributed by atoms with E-state index in [1.807, 2.05) is 0 Å². The molecule has 0 saturated heterocycles. The second kappa shape index (κ2) is 10.6. The fraction of sp³-hybridized carbons (Fsp3) is 1.00. The van der Waals surface area contributed by atoms with Gasteiger partial charge in [0, 0.05) is 0 Å². The number of hydrogen-bond acceptors (Lipinski definition) is 1. The van der Waals surface area contributed by atoms with Crippen LogP contribution in [0.25, 0.3) is 0 Å². The van der Waals surface area contributed by atoms with Crippen molar-refractivity contribution in [1.29, 1.82) is 0 Å². The van der Waals surface area contributed by atoms with Gasteiger partial charge in [-0.1, -0.05) is 25.0 Å². The van der Waals surface area contributed by atoms with Gasteiger partial charge in [-0.05, 0) is 0 Å². The molecule has 0 aromatic carbocycles. The van der Waals surface area contributed by atoms with E-state index in [0.717, 1.165) is 5.92 Å². The van der Waals surface area contributed by atoms with Gasteiger partial charge in [-0.2, -0.15) is 0 Å². The quantitative estimate of drug-likeness (QED) is 0.445. The van der Waals surface area contributed by atoms with Crippen molar-refractivity contribution in [1.82, 2.24) is 0 Å². The van der Waals surface area contributed by atoms with Crippen LogP contribution >= 0.6 is 8.69 Å². The first-order chi connectivity index (χ1) is 3.68. The molecule has 0 amide bonds. The Hall–Kier alpha value is 0.592. The molecule has 0 unspecified atom stereocenters. The summed E-state index contributed by atoms with van der Waals surface area (Å²) in [5.74, 6) is 0.946. The van der Waals surface area contributed by atoms with Gasteiger partial charge in [-0.3, -0.25) is 0 Å². The third-order valence-corrected chi connectivity index (χ3v) is 2.45. The lowest BCUT2D eigenvalue weighted by Gasteiger charge is -1.90. The molecule has 0 fully saturated rings. The van der Waals surface area contributed by atoms with Crippen molar-refractivity contribution >= 4 is 25.0 Å². The topological polar surface area (TPSA) is 37.3 Å². The zero-order valence-corrected chi connectivity index (χ0v) is 8.48. The summed E-state index contributed by atoms with van der Waals surface area (Å²) < 4.78 is 8.46. The van der Waals surface area contributed by atoms with Gasteiger partial charge < -0.3 is 4.89 Å². The molecule has 0 spiro atoms. The van der Waals surface area contributed by atoms with Crippen molar-refractivity contribution < 1.29 is 9.46 Å². The minimum atomic E-state index is -0.833. The third kappa shape index (κ3) is 30.7. The van der Waals surface area contributed by atoms with Gasteiger partial charge in [-0.15, -0.1) is 0 Å². The Balaban J connectivity index is 0. The average Bonchev–Trinajstić information content (AvgIpc) is 1.69. The second-order valence-corrected chi connectivity index (χ2v) is 2.86. The van der Waals surface area contributed by atoms with Crippen LogP contribution in [-0.2, 0) is 4.57 Å². The van der Waals surface area contributed by atoms with Gasteiger partial charge in [0.2, 0.25) is 16.3 Å². The van der Waals surface area contributed by atoms with Crippen LogP contribution in [0.3, 0.4) is 0 Å². The van der Waals surface area contributed by atoms with Crippen LogP contribution in [0, 0.1) is 5.92 Å². The van der Waals surface area contributed by atoms with E-state index in [9.17, 15) is 0 Å². The molecule has 0 aromatic heterocycles. The van der Waals surface area contributed by atoms with Gasteiger partial charge in [0.05, 0.1) is 0 Å². The summed E-state index contributed by atoms with van der Waals surface area (Å²) in [5.41, 5.74) is 0. The first kappa shape index (κ1) is 11.4. The van der Waals surface area contributed by atoms with E-state index in [-0.39, 0.29) is 0 Å². The van der Waals surface area contributed by atoms with E-state index in [1.54, 1.807) is 0 Å². The monoisotopic (exact) mass is 150 g/mol. The Kier molecular flexibility index (Phi) is 15.0. The fourth-order valence-corrected chi connectivity index (χ4v) is 0. The molecule has 0 aliphatic rings. The molecule has 0 aliphatic heterocycles. The molecular formula is C4H12AlO2P. The largest absolute Gasteiger partial charge is 0.324 e. The molecular weight excluding hydrogens is 138 g/mol. The van der Waals surface area contributed by atoms with Crippen molar-refractivity contribution in [2.45, 2.75) is 19.1 Å². The van der Waals surface area contributed by atoms with Crippen LogP contribution in [0.2, 0.25) is 5.28 Å². The summed E-state index contributed by atoms with van der Waals surface area (Å²) in [5, 5.41) is 1.44. The standard InChI is InChI=1S/C4H9.Al.HO2P.2H/c1-4(2)3;;1-3-2;;/h4H,1H2,2-3H3;;(H,1,2);;. The molecule has 48 valence electrons. The summed E-state index contributed by atoms with van der Waals surface area (Å²) >= 11 is 1.37. The molecule has 0 bridgehead atoms. The predicted octanol–water partition coefficient (Wildman–Crippen LogP) is 0.879. The van der Waals surface area contributed by atoms with Crippen molar-refractivity contribution in [3.63, 3.8) is 0 Å². The summed E-state index contributed by atoms with van der Waals surface area (Å²) in [7, 11) is -0.833. The van der Waals surface area contributed by atoms with E-state index in [2.05, 4.69) is 13.8 Å². The first-order valence-corrected chi connectivity index (χ1v) is 4.83. The Labute approximate surface area is 60.0 Å². The number of hydrogen-bond donors (Lipinski definition) is 1. The normalized spacial score (nSPS) is 8.50. The minimum absolute atomic E-state index is 0.833. The van der Waals surface area contributed by atoms with Crippen molar-refractivity contribution in [3.8, 4) is 0 Å². The molecule has 0 saturated carbocycles. The molecule has 0 aromatic rings. The summed E-state index contributed by atoms with van der Waals surface area (Å²) in [6.07, 6.45) is 0. The summed E-state index contributed by atoms with van der Waals surface area (Å²) in [6.45, 7) is 4.51. The average molecular weight is 150 g/mol. The van der Waals surface area contributed by atoms with E-state index >= 15 is 0 Å². The first-order valence-electron chi connectivity index (χ1n) is 2.65. The lowest BCUT2D eigenvalue weighted by Crippen LogP contribution is -1.80. The molecule has 4 heteroatoms. The fourth-order valence-electron chi connectivity index (χ4n) is 0. The number of rotatable bonds is 1. The summed E-state index contributed by atoms with van der Waals surface area (Å²) in [4.78, 5) is 6.99. The molecule has 2 nitrogen and oxygen atoms in total. The SMILES string of the molecule is CC(C)[CH2][AlH2].O=PO. The van der Waals surface area contributed by atoms with Gasteiger partial charge in [0.25, 0.3) is 0 Å². The van der Waals surface area contributed by atoms with Crippen LogP contribution in [-0.4, -0.2) is 21.2 Å². The Morgan fingerprint density at radius 2 is 1.88 bits per heavy atom. The van der Waals surface area contributed by atoms with Gasteiger partial charge in [0.1, 0.15) is 0 Å². The maximum Gasteiger partial charge on any atom is 0.324 e. The van der Waals surface area contributed by atoms with E-state index in [1.165, 1.54) is 21.6 Å². The highest BCUT2D eigenvalue weighted by Gasteiger charge is 1.80. The highest BCUT2D eigenvalue weighted by molar-refractivity contribution is 7.16. The Morgan fingerprint density at radius 1 is 1.75 bits per heavy atom. The van der Waals surface area contributed by atoms with E-state index in [0.29, 0.717) is 0 Å². The molecule has 0 rings (SSSR count). The molecule has 1 N–H and O–H groups in total. The van der Waals surface area contributed by atoms with Crippen LogP contribution in [0.15, 0.2) is 0 Å². The third-order valence-electron chi connectivity index (χ3n) is 0.816. The molecule has 0 heterocycles. The molecule has 8 heavy (non-hydrogen) atoms. The zero-order chi connectivity index (χ0) is 6.99. The van der Waals surface area contributed by atoms with Crippen molar-refractivity contribution in [3.05, 3.63) is 0 Å². The van der Waals surface area contributed by atoms with Crippen molar-refractivity contribution in [2.75, 3.05) is 0 Å². The van der Waals surface area contributed by atoms with Crippen molar-refractivity contribution in [2.24, 2.45) is 5.92 Å². The lowest BCUT2D eigenvalue weighted by molar-refractivity contribution is 0.524. The van der Waals surface area contributed by atoms with Gasteiger partial charge in [0.15, 0.2) is 0 Å². The maximum absolute atomic E-state index is 8.46. The maximum atomic E-state index is 8.46. The van der Waals surface area contributed by atoms with E-state index in [4.69, 9.17) is 9.46 Å².